The van der Waals surface area contributed by atoms with E-state index < -0.39 is 0 Å². The van der Waals surface area contributed by atoms with Crippen LogP contribution < -0.4 is 0 Å². The fourth-order valence-electron chi connectivity index (χ4n) is 2.42. The lowest BCUT2D eigenvalue weighted by atomic mass is 10.2. The topological polar surface area (TPSA) is 60.9 Å². The Kier molecular flexibility index (Phi) is 5.98. The molecule has 1 fully saturated rings. The van der Waals surface area contributed by atoms with Gasteiger partial charge in [0.15, 0.2) is 0 Å². The molecule has 1 saturated heterocycles. The summed E-state index contributed by atoms with van der Waals surface area (Å²) in [5.74, 6) is 0.106. The molecule has 6 heteroatoms. The van der Waals surface area contributed by atoms with Crippen LogP contribution in [0, 0.1) is 0 Å². The van der Waals surface area contributed by atoms with Crippen molar-refractivity contribution in [3.63, 3.8) is 0 Å². The summed E-state index contributed by atoms with van der Waals surface area (Å²) < 4.78 is 0. The van der Waals surface area contributed by atoms with Gasteiger partial charge in [-0.1, -0.05) is 0 Å². The van der Waals surface area contributed by atoms with E-state index in [1.807, 2.05) is 13.8 Å². The molecule has 0 spiro atoms. The monoisotopic (exact) mass is 283 g/mol. The summed E-state index contributed by atoms with van der Waals surface area (Å²) in [5.41, 5.74) is 0. The second-order valence-corrected chi connectivity index (χ2v) is 5.44. The smallest absolute Gasteiger partial charge is 0.224 e. The van der Waals surface area contributed by atoms with Crippen molar-refractivity contribution in [2.24, 2.45) is 0 Å². The van der Waals surface area contributed by atoms with Crippen LogP contribution in [0.4, 0.5) is 0 Å². The molecule has 0 bridgehead atoms. The highest BCUT2D eigenvalue weighted by atomic mass is 16.2. The van der Waals surface area contributed by atoms with E-state index in [-0.39, 0.29) is 23.8 Å². The van der Waals surface area contributed by atoms with Crippen LogP contribution in [-0.4, -0.2) is 71.2 Å². The van der Waals surface area contributed by atoms with Crippen LogP contribution in [0.1, 0.15) is 34.1 Å². The molecule has 0 aromatic rings. The molecule has 20 heavy (non-hydrogen) atoms. The third-order valence-electron chi connectivity index (χ3n) is 3.67. The molecule has 0 radical (unpaired) electrons. The Morgan fingerprint density at radius 1 is 1.00 bits per heavy atom. The van der Waals surface area contributed by atoms with Gasteiger partial charge in [0.25, 0.3) is 0 Å². The Morgan fingerprint density at radius 2 is 1.50 bits per heavy atom. The molecular weight excluding hydrogens is 258 g/mol. The normalized spacial score (nSPS) is 15.4. The van der Waals surface area contributed by atoms with Gasteiger partial charge in [-0.3, -0.25) is 14.4 Å². The molecule has 1 heterocycles. The lowest BCUT2D eigenvalue weighted by Gasteiger charge is -2.35. The van der Waals surface area contributed by atoms with Crippen molar-refractivity contribution in [1.29, 1.82) is 0 Å². The first-order valence-electron chi connectivity index (χ1n) is 7.13. The largest absolute Gasteiger partial charge is 0.340 e. The number of piperazine rings is 1. The van der Waals surface area contributed by atoms with Crippen LogP contribution in [0.2, 0.25) is 0 Å². The molecule has 3 amide bonds. The van der Waals surface area contributed by atoms with Crippen LogP contribution in [-0.2, 0) is 14.4 Å². The predicted molar refractivity (Wildman–Crippen MR) is 76.0 cm³/mol. The molecule has 1 aliphatic heterocycles. The average molecular weight is 283 g/mol. The second-order valence-electron chi connectivity index (χ2n) is 5.44. The van der Waals surface area contributed by atoms with Crippen LogP contribution >= 0.6 is 0 Å². The van der Waals surface area contributed by atoms with Crippen molar-refractivity contribution < 1.29 is 14.4 Å². The zero-order valence-electron chi connectivity index (χ0n) is 12.9. The first kappa shape index (κ1) is 16.5. The summed E-state index contributed by atoms with van der Waals surface area (Å²) in [6.07, 6.45) is 0.345. The van der Waals surface area contributed by atoms with E-state index in [1.54, 1.807) is 21.6 Å². The summed E-state index contributed by atoms with van der Waals surface area (Å²) in [5, 5.41) is 0. The van der Waals surface area contributed by atoms with Gasteiger partial charge in [-0.2, -0.15) is 0 Å². The summed E-state index contributed by atoms with van der Waals surface area (Å²) in [7, 11) is 0. The summed E-state index contributed by atoms with van der Waals surface area (Å²) >= 11 is 0. The fraction of sp³-hybridized carbons (Fsp3) is 0.786. The van der Waals surface area contributed by atoms with E-state index in [0.29, 0.717) is 39.1 Å². The van der Waals surface area contributed by atoms with Crippen molar-refractivity contribution in [1.82, 2.24) is 14.7 Å². The standard InChI is InChI=1S/C14H25N3O3/c1-11(2)17(13(4)19)6-5-14(20)16-9-7-15(8-10-16)12(3)18/h11H,5-10H2,1-4H3. The van der Waals surface area contributed by atoms with Crippen LogP contribution in [0.5, 0.6) is 0 Å². The Hall–Kier alpha value is -1.59. The van der Waals surface area contributed by atoms with E-state index >= 15 is 0 Å². The number of rotatable bonds is 4. The molecule has 0 aromatic carbocycles. The third-order valence-corrected chi connectivity index (χ3v) is 3.67. The minimum Gasteiger partial charge on any atom is -0.340 e. The fourth-order valence-corrected chi connectivity index (χ4v) is 2.42. The molecule has 0 N–H and O–H groups in total. The van der Waals surface area contributed by atoms with E-state index in [0.717, 1.165) is 0 Å². The van der Waals surface area contributed by atoms with E-state index in [2.05, 4.69) is 0 Å². The second kappa shape index (κ2) is 7.26. The first-order valence-corrected chi connectivity index (χ1v) is 7.13. The Bertz CT molecular complexity index is 374. The highest BCUT2D eigenvalue weighted by molar-refractivity contribution is 5.79. The van der Waals surface area contributed by atoms with Crippen molar-refractivity contribution in [2.75, 3.05) is 32.7 Å². The zero-order valence-corrected chi connectivity index (χ0v) is 12.9. The molecule has 1 aliphatic rings. The van der Waals surface area contributed by atoms with Gasteiger partial charge in [0.05, 0.1) is 0 Å². The Morgan fingerprint density at radius 3 is 1.90 bits per heavy atom. The lowest BCUT2D eigenvalue weighted by Crippen LogP contribution is -2.50. The van der Waals surface area contributed by atoms with E-state index in [1.165, 1.54) is 6.92 Å². The van der Waals surface area contributed by atoms with E-state index in [9.17, 15) is 14.4 Å². The van der Waals surface area contributed by atoms with Crippen molar-refractivity contribution >= 4 is 17.7 Å². The van der Waals surface area contributed by atoms with E-state index in [4.69, 9.17) is 0 Å². The van der Waals surface area contributed by atoms with Gasteiger partial charge in [0.1, 0.15) is 0 Å². The molecule has 0 atom stereocenters. The minimum atomic E-state index is -0.00537. The van der Waals surface area contributed by atoms with Crippen molar-refractivity contribution in [3.8, 4) is 0 Å². The average Bonchev–Trinajstić information content (AvgIpc) is 2.38. The number of carbonyl (C=O) groups excluding carboxylic acids is 3. The van der Waals surface area contributed by atoms with Gasteiger partial charge in [0.2, 0.25) is 17.7 Å². The summed E-state index contributed by atoms with van der Waals surface area (Å²) in [6.45, 7) is 9.78. The molecular formula is C14H25N3O3. The minimum absolute atomic E-state index is 0.00537. The maximum Gasteiger partial charge on any atom is 0.224 e. The number of amides is 3. The highest BCUT2D eigenvalue weighted by Gasteiger charge is 2.23. The number of carbonyl (C=O) groups is 3. The maximum absolute atomic E-state index is 12.1. The first-order chi connectivity index (χ1) is 9.32. The molecule has 0 saturated carbocycles. The molecule has 0 unspecified atom stereocenters. The number of hydrogen-bond donors (Lipinski definition) is 0. The number of hydrogen-bond acceptors (Lipinski definition) is 3. The molecule has 114 valence electrons. The molecule has 0 aliphatic carbocycles. The Labute approximate surface area is 120 Å². The van der Waals surface area contributed by atoms with Gasteiger partial charge in [-0.05, 0) is 13.8 Å². The highest BCUT2D eigenvalue weighted by Crippen LogP contribution is 2.06. The SMILES string of the molecule is CC(=O)N1CCN(C(=O)CCN(C(C)=O)C(C)C)CC1. The van der Waals surface area contributed by atoms with Gasteiger partial charge in [-0.15, -0.1) is 0 Å². The molecule has 1 rings (SSSR count). The van der Waals surface area contributed by atoms with Crippen LogP contribution in [0.3, 0.4) is 0 Å². The number of nitrogens with zero attached hydrogens (tertiary/aromatic N) is 3. The predicted octanol–water partition coefficient (Wildman–Crippen LogP) is 0.324. The molecule has 6 nitrogen and oxygen atoms in total. The quantitative estimate of drug-likeness (QED) is 0.747. The summed E-state index contributed by atoms with van der Waals surface area (Å²) in [6, 6.07) is 0.106. The van der Waals surface area contributed by atoms with Crippen LogP contribution in [0.15, 0.2) is 0 Å². The summed E-state index contributed by atoms with van der Waals surface area (Å²) in [4.78, 5) is 40.0. The third kappa shape index (κ3) is 4.51. The lowest BCUT2D eigenvalue weighted by molar-refractivity contribution is -0.139. The van der Waals surface area contributed by atoms with Gasteiger partial charge in [0, 0.05) is 59.0 Å². The zero-order chi connectivity index (χ0) is 15.3. The van der Waals surface area contributed by atoms with Crippen LogP contribution in [0.25, 0.3) is 0 Å². The Balaban J connectivity index is 2.40. The van der Waals surface area contributed by atoms with Gasteiger partial charge < -0.3 is 14.7 Å². The van der Waals surface area contributed by atoms with Crippen molar-refractivity contribution in [3.05, 3.63) is 0 Å². The van der Waals surface area contributed by atoms with Gasteiger partial charge in [-0.25, -0.2) is 0 Å². The maximum atomic E-state index is 12.1. The molecule has 0 aromatic heterocycles. The van der Waals surface area contributed by atoms with Crippen molar-refractivity contribution in [2.45, 2.75) is 40.2 Å². The van der Waals surface area contributed by atoms with Gasteiger partial charge >= 0.3 is 0 Å².